The first kappa shape index (κ1) is 57.3. The van der Waals surface area contributed by atoms with E-state index in [4.69, 9.17) is 48.0 Å². The zero-order valence-electron chi connectivity index (χ0n) is 44.8. The number of nitrogens with zero attached hydrogens (tertiary/aromatic N) is 11. The number of thiazole rings is 2. The van der Waals surface area contributed by atoms with E-state index in [1.807, 2.05) is 74.4 Å². The van der Waals surface area contributed by atoms with Crippen molar-refractivity contribution >= 4 is 99.4 Å². The standard InChI is InChI=1S/C29H28ClN7O4S2.C28H25ClN6O3S2/c1-35(41-2)27(38)20-6-3-5-19(17-20)25-26(37-15-16-42-29(37)34-25)24-12-13-31-28(33-24)32-22-7-4-14-36(18-22)43(39,40)23-10-8-21(30)9-11-23;1-18(36)19-4-2-5-20(16-19)25-26(35-14-15-39-28(35)33-25)24-11-12-30-27(32-24)31-22-6-3-13-34(17-22)40(37,38)23-9-7-21(29)8-10-23/h3,5-6,8-13,15-17,22H,4,7,14,18H2,1-2H3,(H,31,32,33);2,4-5,7-12,14-16,22H,3,6,13,17H2,1H3,(H,30,31,32)/t2*22-/m11/s1. The molecular weight excluding hydrogens is 1180 g/mol. The fourth-order valence-electron chi connectivity index (χ4n) is 9.97. The van der Waals surface area contributed by atoms with Crippen LogP contribution in [-0.4, -0.2) is 133 Å². The number of nitrogens with one attached hydrogen (secondary N) is 2. The second-order valence-electron chi connectivity index (χ2n) is 19.6. The molecule has 2 atom stereocenters. The Labute approximate surface area is 496 Å². The third kappa shape index (κ3) is 12.3. The van der Waals surface area contributed by atoms with Crippen molar-refractivity contribution < 1.29 is 31.3 Å². The Morgan fingerprint density at radius 1 is 0.627 bits per heavy atom. The molecule has 2 fully saturated rings. The summed E-state index contributed by atoms with van der Waals surface area (Å²) in [6.45, 7) is 2.99. The highest BCUT2D eigenvalue weighted by Crippen LogP contribution is 2.37. The number of fused-ring (bicyclic) bond motifs is 2. The molecule has 2 saturated heterocycles. The number of carbonyl (C=O) groups excluding carboxylic acids is 2. The molecule has 426 valence electrons. The molecule has 2 aliphatic rings. The monoisotopic (exact) mass is 1230 g/mol. The van der Waals surface area contributed by atoms with Crippen molar-refractivity contribution in [2.45, 2.75) is 54.5 Å². The molecule has 0 spiro atoms. The number of hydrogen-bond donors (Lipinski definition) is 2. The Morgan fingerprint density at radius 2 is 1.07 bits per heavy atom. The van der Waals surface area contributed by atoms with Crippen molar-refractivity contribution in [1.82, 2.24) is 52.4 Å². The largest absolute Gasteiger partial charge is 0.350 e. The highest BCUT2D eigenvalue weighted by molar-refractivity contribution is 7.89. The van der Waals surface area contributed by atoms with Gasteiger partial charge in [0.15, 0.2) is 15.7 Å². The topological polar surface area (TPSA) is 232 Å². The summed E-state index contributed by atoms with van der Waals surface area (Å²) in [4.78, 5) is 60.1. The summed E-state index contributed by atoms with van der Waals surface area (Å²) in [6, 6.07) is 30.3. The summed E-state index contributed by atoms with van der Waals surface area (Å²) in [6.07, 6.45) is 10.2. The van der Waals surface area contributed by atoms with Gasteiger partial charge in [-0.2, -0.15) is 8.61 Å². The number of aromatic nitrogens is 8. The van der Waals surface area contributed by atoms with Gasteiger partial charge in [0.05, 0.1) is 39.7 Å². The van der Waals surface area contributed by atoms with Gasteiger partial charge in [0.25, 0.3) is 5.91 Å². The van der Waals surface area contributed by atoms with Gasteiger partial charge in [-0.05, 0) is 111 Å². The highest BCUT2D eigenvalue weighted by Gasteiger charge is 2.33. The second-order valence-corrected chi connectivity index (χ2v) is 26.1. The maximum absolute atomic E-state index is 13.3. The molecule has 0 saturated carbocycles. The summed E-state index contributed by atoms with van der Waals surface area (Å²) in [7, 11) is -4.33. The number of sulfonamides is 2. The van der Waals surface area contributed by atoms with Crippen LogP contribution in [0, 0.1) is 0 Å². The Kier molecular flexibility index (Phi) is 16.8. The lowest BCUT2D eigenvalue weighted by Crippen LogP contribution is -2.45. The highest BCUT2D eigenvalue weighted by atomic mass is 35.5. The van der Waals surface area contributed by atoms with Crippen LogP contribution >= 0.6 is 45.9 Å². The fourth-order valence-corrected chi connectivity index (χ4v) is 14.7. The molecule has 0 bridgehead atoms. The van der Waals surface area contributed by atoms with Crippen LogP contribution in [0.4, 0.5) is 11.9 Å². The van der Waals surface area contributed by atoms with E-state index in [1.54, 1.807) is 68.8 Å². The van der Waals surface area contributed by atoms with Crippen LogP contribution in [-0.2, 0) is 24.9 Å². The number of halogens is 2. The Hall–Kier alpha value is -7.52. The van der Waals surface area contributed by atoms with Gasteiger partial charge in [-0.3, -0.25) is 23.2 Å². The zero-order valence-corrected chi connectivity index (χ0v) is 49.6. The number of ketones is 1. The minimum atomic E-state index is -3.67. The number of benzene rings is 4. The minimum absolute atomic E-state index is 0.0162. The normalized spacial score (nSPS) is 16.1. The zero-order chi connectivity index (χ0) is 58.0. The van der Waals surface area contributed by atoms with Gasteiger partial charge in [-0.15, -0.1) is 22.7 Å². The van der Waals surface area contributed by atoms with Crippen LogP contribution in [0.15, 0.2) is 155 Å². The smallest absolute Gasteiger partial charge is 0.277 e. The van der Waals surface area contributed by atoms with Crippen molar-refractivity contribution in [2.75, 3.05) is 51.0 Å². The second kappa shape index (κ2) is 24.4. The maximum atomic E-state index is 13.3. The molecule has 0 aliphatic carbocycles. The van der Waals surface area contributed by atoms with Crippen LogP contribution in [0.25, 0.3) is 55.2 Å². The lowest BCUT2D eigenvalue weighted by molar-refractivity contribution is -0.0756. The first-order valence-electron chi connectivity index (χ1n) is 26.2. The van der Waals surface area contributed by atoms with Crippen molar-refractivity contribution in [3.8, 4) is 45.3 Å². The van der Waals surface area contributed by atoms with E-state index in [-0.39, 0.29) is 40.1 Å². The third-order valence-corrected chi connectivity index (χ3v) is 19.9. The molecule has 6 aromatic heterocycles. The van der Waals surface area contributed by atoms with E-state index < -0.39 is 20.0 Å². The van der Waals surface area contributed by atoms with Crippen LogP contribution in [0.5, 0.6) is 0 Å². The number of imidazole rings is 2. The molecule has 26 heteroatoms. The molecule has 4 aromatic carbocycles. The number of hydrogen-bond acceptors (Lipinski definition) is 17. The molecule has 83 heavy (non-hydrogen) atoms. The SMILES string of the molecule is CC(=O)c1cccc(-c2nc3sccn3c2-c2ccnc(N[C@@H]3CCCN(S(=O)(=O)c4ccc(Cl)cc4)C3)n2)c1.CON(C)C(=O)c1cccc(-c2nc3sccn3c2-c2ccnc(N[C@@H]3CCCN(S(=O)(=O)c4ccc(Cl)cc4)C3)n2)c1. The van der Waals surface area contributed by atoms with Gasteiger partial charge >= 0.3 is 0 Å². The molecule has 10 aromatic rings. The van der Waals surface area contributed by atoms with Crippen molar-refractivity contribution in [2.24, 2.45) is 0 Å². The summed E-state index contributed by atoms with van der Waals surface area (Å²) in [5.74, 6) is 0.495. The predicted molar refractivity (Wildman–Crippen MR) is 322 cm³/mol. The van der Waals surface area contributed by atoms with E-state index in [1.165, 1.54) is 67.7 Å². The fraction of sp³-hybridized carbons (Fsp3) is 0.228. The molecule has 2 N–H and O–H groups in total. The van der Waals surface area contributed by atoms with Gasteiger partial charge in [-0.1, -0.05) is 53.5 Å². The summed E-state index contributed by atoms with van der Waals surface area (Å²) >= 11 is 14.9. The lowest BCUT2D eigenvalue weighted by Gasteiger charge is -2.32. The molecule has 8 heterocycles. The van der Waals surface area contributed by atoms with Gasteiger partial charge < -0.3 is 10.6 Å². The van der Waals surface area contributed by atoms with Gasteiger partial charge in [-0.25, -0.2) is 51.8 Å². The average molecular weight is 1230 g/mol. The number of carbonyl (C=O) groups is 2. The molecule has 0 unspecified atom stereocenters. The Balaban J connectivity index is 0.000000174. The van der Waals surface area contributed by atoms with Crippen molar-refractivity contribution in [3.05, 3.63) is 166 Å². The molecule has 2 aliphatic heterocycles. The number of piperidine rings is 2. The van der Waals surface area contributed by atoms with Crippen LogP contribution < -0.4 is 10.6 Å². The number of anilines is 2. The molecule has 0 radical (unpaired) electrons. The van der Waals surface area contributed by atoms with Gasteiger partial charge in [0.2, 0.25) is 31.9 Å². The molecular formula is C57H53Cl2N13O7S4. The Bertz CT molecular complexity index is 4250. The van der Waals surface area contributed by atoms with Crippen molar-refractivity contribution in [3.63, 3.8) is 0 Å². The summed E-state index contributed by atoms with van der Waals surface area (Å²) in [5.41, 5.74) is 6.87. The van der Waals surface area contributed by atoms with Gasteiger partial charge in [0, 0.05) is 113 Å². The van der Waals surface area contributed by atoms with E-state index >= 15 is 0 Å². The first-order chi connectivity index (χ1) is 40.0. The summed E-state index contributed by atoms with van der Waals surface area (Å²) < 4.78 is 60.0. The Morgan fingerprint density at radius 3 is 1.52 bits per heavy atom. The third-order valence-electron chi connectivity index (χ3n) is 14.1. The number of Topliss-reactive ketones (excluding diaryl/α,β-unsaturated/α-hetero) is 1. The van der Waals surface area contributed by atoms with E-state index in [9.17, 15) is 26.4 Å². The molecule has 20 nitrogen and oxygen atoms in total. The molecule has 1 amide bonds. The quantitative estimate of drug-likeness (QED) is 0.0718. The number of amides is 1. The molecule has 12 rings (SSSR count). The van der Waals surface area contributed by atoms with E-state index in [2.05, 4.69) is 20.6 Å². The van der Waals surface area contributed by atoms with Gasteiger partial charge in [0.1, 0.15) is 11.4 Å². The number of hydroxylamine groups is 2. The number of rotatable bonds is 15. The van der Waals surface area contributed by atoms with Crippen LogP contribution in [0.2, 0.25) is 10.0 Å². The van der Waals surface area contributed by atoms with E-state index in [0.29, 0.717) is 82.6 Å². The predicted octanol–water partition coefficient (Wildman–Crippen LogP) is 10.7. The van der Waals surface area contributed by atoms with E-state index in [0.717, 1.165) is 51.0 Å². The minimum Gasteiger partial charge on any atom is -0.350 e. The first-order valence-corrected chi connectivity index (χ1v) is 31.6. The maximum Gasteiger partial charge on any atom is 0.277 e. The average Bonchev–Trinajstić information content (AvgIpc) is 4.51. The lowest BCUT2D eigenvalue weighted by atomic mass is 10.0. The van der Waals surface area contributed by atoms with Crippen molar-refractivity contribution in [1.29, 1.82) is 0 Å². The van der Waals surface area contributed by atoms with Crippen LogP contribution in [0.1, 0.15) is 53.3 Å². The van der Waals surface area contributed by atoms with Crippen LogP contribution in [0.3, 0.4) is 0 Å². The summed E-state index contributed by atoms with van der Waals surface area (Å²) in [5, 5.41) is 12.7.